The van der Waals surface area contributed by atoms with Crippen molar-refractivity contribution in [3.05, 3.63) is 65.5 Å². The topological polar surface area (TPSA) is 63.0 Å². The van der Waals surface area contributed by atoms with E-state index in [1.165, 1.54) is 6.33 Å². The third kappa shape index (κ3) is 1.60. The van der Waals surface area contributed by atoms with Gasteiger partial charge in [-0.05, 0) is 41.5 Å². The van der Waals surface area contributed by atoms with E-state index in [0.29, 0.717) is 10.9 Å². The Balaban J connectivity index is 1.96. The van der Waals surface area contributed by atoms with Gasteiger partial charge >= 0.3 is 0 Å². The van der Waals surface area contributed by atoms with Crippen molar-refractivity contribution in [1.82, 2.24) is 19.6 Å². The van der Waals surface area contributed by atoms with E-state index in [-0.39, 0.29) is 5.56 Å². The van der Waals surface area contributed by atoms with Crippen LogP contribution < -0.4 is 5.56 Å². The number of nitrogens with one attached hydrogen (secondary N) is 1. The predicted molar refractivity (Wildman–Crippen MR) is 76.5 cm³/mol. The summed E-state index contributed by atoms with van der Waals surface area (Å²) < 4.78 is 1.80. The first kappa shape index (κ1) is 10.9. The van der Waals surface area contributed by atoms with Crippen molar-refractivity contribution in [2.24, 2.45) is 0 Å². The summed E-state index contributed by atoms with van der Waals surface area (Å²) in [5.74, 6) is 0. The van der Waals surface area contributed by atoms with Gasteiger partial charge in [-0.15, -0.1) is 0 Å². The molecular weight excluding hydrogens is 252 g/mol. The summed E-state index contributed by atoms with van der Waals surface area (Å²) >= 11 is 0. The summed E-state index contributed by atoms with van der Waals surface area (Å²) in [4.78, 5) is 18.6. The van der Waals surface area contributed by atoms with E-state index in [2.05, 4.69) is 15.1 Å². The van der Waals surface area contributed by atoms with Crippen molar-refractivity contribution in [1.29, 1.82) is 0 Å². The number of nitrogens with zero attached hydrogens (tertiary/aromatic N) is 3. The first-order valence-electron chi connectivity index (χ1n) is 6.22. The van der Waals surface area contributed by atoms with Gasteiger partial charge in [0.25, 0.3) is 5.56 Å². The molecule has 0 saturated heterocycles. The number of pyridine rings is 1. The monoisotopic (exact) mass is 262 g/mol. The molecule has 1 N–H and O–H groups in total. The lowest BCUT2D eigenvalue weighted by Crippen LogP contribution is -2.05. The molecule has 0 saturated carbocycles. The zero-order valence-electron chi connectivity index (χ0n) is 10.4. The summed E-state index contributed by atoms with van der Waals surface area (Å²) in [5.41, 5.74) is 3.62. The predicted octanol–water partition coefficient (Wildman–Crippen LogP) is 2.24. The Morgan fingerprint density at radius 3 is 2.90 bits per heavy atom. The van der Waals surface area contributed by atoms with Crippen molar-refractivity contribution in [3.63, 3.8) is 0 Å². The summed E-state index contributed by atoms with van der Waals surface area (Å²) in [6.07, 6.45) is 5.08. The van der Waals surface area contributed by atoms with Crippen LogP contribution in [0.15, 0.2) is 59.9 Å². The molecule has 0 aliphatic heterocycles. The molecular formula is C15H10N4O. The van der Waals surface area contributed by atoms with Gasteiger partial charge in [0.2, 0.25) is 0 Å². The molecule has 20 heavy (non-hydrogen) atoms. The number of fused-ring (bicyclic) bond motifs is 2. The van der Waals surface area contributed by atoms with Gasteiger partial charge in [0, 0.05) is 12.4 Å². The normalized spacial score (nSPS) is 11.2. The molecule has 0 amide bonds. The van der Waals surface area contributed by atoms with Gasteiger partial charge in [0.05, 0.1) is 22.7 Å². The van der Waals surface area contributed by atoms with Crippen LogP contribution in [-0.4, -0.2) is 19.6 Å². The summed E-state index contributed by atoms with van der Waals surface area (Å²) in [7, 11) is 0. The number of H-pyrrole nitrogens is 1. The Kier molecular flexibility index (Phi) is 2.20. The minimum absolute atomic E-state index is 0.123. The van der Waals surface area contributed by atoms with Crippen LogP contribution >= 0.6 is 0 Å². The van der Waals surface area contributed by atoms with Crippen LogP contribution in [0.4, 0.5) is 0 Å². The van der Waals surface area contributed by atoms with E-state index in [1.54, 1.807) is 10.7 Å². The lowest BCUT2D eigenvalue weighted by Gasteiger charge is -2.04. The first-order valence-corrected chi connectivity index (χ1v) is 6.22. The lowest BCUT2D eigenvalue weighted by atomic mass is 10.0. The molecule has 3 heterocycles. The van der Waals surface area contributed by atoms with Crippen molar-refractivity contribution < 1.29 is 0 Å². The summed E-state index contributed by atoms with van der Waals surface area (Å²) in [5, 5.41) is 4.76. The minimum Gasteiger partial charge on any atom is -0.313 e. The van der Waals surface area contributed by atoms with Crippen LogP contribution in [0.1, 0.15) is 0 Å². The Bertz CT molecular complexity index is 984. The van der Waals surface area contributed by atoms with Crippen LogP contribution in [-0.2, 0) is 0 Å². The first-order chi connectivity index (χ1) is 9.81. The maximum Gasteiger partial charge on any atom is 0.258 e. The molecule has 4 aromatic rings. The number of rotatable bonds is 1. The maximum atomic E-state index is 11.8. The highest BCUT2D eigenvalue weighted by Crippen LogP contribution is 2.23. The van der Waals surface area contributed by atoms with Gasteiger partial charge in [-0.1, -0.05) is 6.07 Å². The second kappa shape index (κ2) is 4.03. The Morgan fingerprint density at radius 1 is 1.05 bits per heavy atom. The van der Waals surface area contributed by atoms with Crippen LogP contribution in [0.5, 0.6) is 0 Å². The number of aromatic nitrogens is 4. The smallest absolute Gasteiger partial charge is 0.258 e. The number of hydrogen-bond donors (Lipinski definition) is 1. The Morgan fingerprint density at radius 2 is 1.95 bits per heavy atom. The fourth-order valence-corrected chi connectivity index (χ4v) is 2.35. The lowest BCUT2D eigenvalue weighted by molar-refractivity contribution is 0.962. The molecule has 0 aliphatic carbocycles. The largest absolute Gasteiger partial charge is 0.313 e. The average molecular weight is 262 g/mol. The average Bonchev–Trinajstić information content (AvgIpc) is 2.95. The number of benzene rings is 1. The van der Waals surface area contributed by atoms with Crippen molar-refractivity contribution in [2.75, 3.05) is 0 Å². The molecule has 3 aromatic heterocycles. The van der Waals surface area contributed by atoms with E-state index in [0.717, 1.165) is 16.6 Å². The van der Waals surface area contributed by atoms with E-state index in [4.69, 9.17) is 0 Å². The molecule has 0 atom stereocenters. The van der Waals surface area contributed by atoms with Gasteiger partial charge < -0.3 is 4.98 Å². The van der Waals surface area contributed by atoms with Gasteiger partial charge in [-0.3, -0.25) is 4.79 Å². The second-order valence-corrected chi connectivity index (χ2v) is 4.58. The van der Waals surface area contributed by atoms with Crippen molar-refractivity contribution in [2.45, 2.75) is 0 Å². The molecule has 0 unspecified atom stereocenters. The van der Waals surface area contributed by atoms with Crippen LogP contribution in [0.2, 0.25) is 0 Å². The fraction of sp³-hybridized carbons (Fsp3) is 0. The Labute approximate surface area is 113 Å². The van der Waals surface area contributed by atoms with E-state index < -0.39 is 0 Å². The molecule has 0 fully saturated rings. The van der Waals surface area contributed by atoms with Gasteiger partial charge in [0.1, 0.15) is 0 Å². The molecule has 5 heteroatoms. The molecule has 0 spiro atoms. The highest BCUT2D eigenvalue weighted by molar-refractivity contribution is 5.84. The second-order valence-electron chi connectivity index (χ2n) is 4.58. The van der Waals surface area contributed by atoms with E-state index in [1.807, 2.05) is 42.6 Å². The molecule has 1 aromatic carbocycles. The fourth-order valence-electron chi connectivity index (χ4n) is 2.35. The molecule has 4 rings (SSSR count). The highest BCUT2D eigenvalue weighted by Gasteiger charge is 2.04. The molecule has 0 aliphatic rings. The van der Waals surface area contributed by atoms with E-state index >= 15 is 0 Å². The standard InChI is InChI=1S/C15H10N4O/c20-15-13-8-10(1-2-14(13)16-9-17-15)11-4-6-19-12(7-11)3-5-18-19/h1-9H,(H,16,17,20). The summed E-state index contributed by atoms with van der Waals surface area (Å²) in [6.45, 7) is 0. The molecule has 5 nitrogen and oxygen atoms in total. The minimum atomic E-state index is -0.123. The molecule has 0 radical (unpaired) electrons. The molecule has 0 bridgehead atoms. The van der Waals surface area contributed by atoms with Crippen LogP contribution in [0.3, 0.4) is 0 Å². The maximum absolute atomic E-state index is 11.8. The Hall–Kier alpha value is -2.95. The van der Waals surface area contributed by atoms with Gasteiger partial charge in [-0.2, -0.15) is 5.10 Å². The van der Waals surface area contributed by atoms with Crippen LogP contribution in [0.25, 0.3) is 27.5 Å². The van der Waals surface area contributed by atoms with Crippen LogP contribution in [0, 0.1) is 0 Å². The third-order valence-electron chi connectivity index (χ3n) is 3.37. The number of aromatic amines is 1. The zero-order chi connectivity index (χ0) is 13.5. The molecule has 96 valence electrons. The number of hydrogen-bond acceptors (Lipinski definition) is 3. The van der Waals surface area contributed by atoms with Crippen molar-refractivity contribution in [3.8, 4) is 11.1 Å². The van der Waals surface area contributed by atoms with Gasteiger partial charge in [-0.25, -0.2) is 9.50 Å². The quantitative estimate of drug-likeness (QED) is 0.572. The van der Waals surface area contributed by atoms with Crippen molar-refractivity contribution >= 4 is 16.4 Å². The summed E-state index contributed by atoms with van der Waals surface area (Å²) in [6, 6.07) is 11.7. The SMILES string of the molecule is O=c1[nH]cnc2ccc(-c3ccn4nccc4c3)cc12. The zero-order valence-corrected chi connectivity index (χ0v) is 10.4. The van der Waals surface area contributed by atoms with Gasteiger partial charge in [0.15, 0.2) is 0 Å². The third-order valence-corrected chi connectivity index (χ3v) is 3.37. The highest BCUT2D eigenvalue weighted by atomic mass is 16.1. The van der Waals surface area contributed by atoms with E-state index in [9.17, 15) is 4.79 Å².